The molecule has 0 amide bonds. The molecule has 3 aliphatic rings. The van der Waals surface area contributed by atoms with Crippen molar-refractivity contribution in [3.8, 4) is 9.75 Å². The second kappa shape index (κ2) is 20.3. The number of aromatic amines is 2. The van der Waals surface area contributed by atoms with Gasteiger partial charge in [0, 0.05) is 71.3 Å². The van der Waals surface area contributed by atoms with Crippen molar-refractivity contribution in [2.45, 2.75) is 95.0 Å². The smallest absolute Gasteiger partial charge is 0.0872 e. The first-order valence-corrected chi connectivity index (χ1v) is 30.9. The van der Waals surface area contributed by atoms with Crippen LogP contribution in [0.25, 0.3) is 32.2 Å². The third-order valence-corrected chi connectivity index (χ3v) is 21.1. The van der Waals surface area contributed by atoms with Crippen LogP contribution in [0.5, 0.6) is 0 Å². The van der Waals surface area contributed by atoms with Gasteiger partial charge in [0.2, 0.25) is 0 Å². The van der Waals surface area contributed by atoms with E-state index in [0.29, 0.717) is 0 Å². The molecule has 4 nitrogen and oxygen atoms in total. The topological polar surface area (TPSA) is 56.3 Å². The first-order valence-electron chi connectivity index (χ1n) is 27.7. The maximum Gasteiger partial charge on any atom is 0.0872 e. The van der Waals surface area contributed by atoms with Crippen molar-refractivity contribution in [1.82, 2.24) is 9.97 Å². The van der Waals surface area contributed by atoms with E-state index < -0.39 is 0 Å². The van der Waals surface area contributed by atoms with Gasteiger partial charge in [-0.25, -0.2) is 4.99 Å². The van der Waals surface area contributed by atoms with Gasteiger partial charge in [-0.3, -0.25) is 4.99 Å². The summed E-state index contributed by atoms with van der Waals surface area (Å²) in [5, 5.41) is 2.07. The maximum atomic E-state index is 5.66. The molecular weight excluding hydrogens is 1050 g/mol. The van der Waals surface area contributed by atoms with E-state index in [9.17, 15) is 0 Å². The lowest BCUT2D eigenvalue weighted by atomic mass is 9.84. The fourth-order valence-electron chi connectivity index (χ4n) is 13.3. The van der Waals surface area contributed by atoms with E-state index >= 15 is 0 Å². The molecule has 396 valence electrons. The van der Waals surface area contributed by atoms with E-state index in [1.165, 1.54) is 143 Å². The number of allylic oxidation sites excluding steroid dienone is 2. The van der Waals surface area contributed by atoms with Crippen LogP contribution in [-0.2, 0) is 0 Å². The molecule has 0 aliphatic carbocycles. The highest BCUT2D eigenvalue weighted by atomic mass is 32.1. The predicted molar refractivity (Wildman–Crippen MR) is 344 cm³/mol. The zero-order valence-corrected chi connectivity index (χ0v) is 50.8. The standard InChI is InChI=1S/C72H64N4S4/c1-37-29-41(5)65(42(6)30-37)69-53-17-13-49(73-53)50-14-18-54(74-50)70(66-43(7)31-38(2)32-44(66)8)63-27-23-59(79-63)60-24-28-64(80-60)72(68-47(11)35-40(4)36-48(68)12)56-20-16-52(76-56)51-15-19-55(75-51)71(67-45(9)33-39(3)34-46(67)10)62-26-22-58(78-62)57-21-25-61(69)77-57/h13-36,53,69,74-75H,1-12H3/b52-51-,60-59-,70-63+,71-55+,72-64+. The Bertz CT molecular complexity index is 4660. The fraction of sp³-hybridized carbons (Fsp3) is 0.194. The van der Waals surface area contributed by atoms with Crippen LogP contribution in [0.1, 0.15) is 116 Å². The quantitative estimate of drug-likeness (QED) is 0.176. The molecule has 0 saturated heterocycles. The van der Waals surface area contributed by atoms with E-state index in [2.05, 4.69) is 239 Å². The monoisotopic (exact) mass is 1110 g/mol. The lowest BCUT2D eigenvalue weighted by Crippen LogP contribution is -2.17. The van der Waals surface area contributed by atoms with Crippen molar-refractivity contribution in [2.24, 2.45) is 9.98 Å². The second-order valence-electron chi connectivity index (χ2n) is 22.6. The van der Waals surface area contributed by atoms with Crippen molar-refractivity contribution in [2.75, 3.05) is 0 Å². The number of hydrogen-bond acceptors (Lipinski definition) is 6. The summed E-state index contributed by atoms with van der Waals surface area (Å²) in [6.45, 7) is 26.9. The number of hydrogen-bond donors (Lipinski definition) is 2. The van der Waals surface area contributed by atoms with Crippen LogP contribution in [0, 0.1) is 92.1 Å². The van der Waals surface area contributed by atoms with E-state index in [4.69, 9.17) is 9.98 Å². The minimum absolute atomic E-state index is 0.0346. The Labute approximate surface area is 485 Å². The molecule has 3 aliphatic heterocycles. The molecule has 0 saturated carbocycles. The highest BCUT2D eigenvalue weighted by Gasteiger charge is 2.31. The summed E-state index contributed by atoms with van der Waals surface area (Å²) in [6, 6.07) is 46.1. The van der Waals surface area contributed by atoms with Crippen LogP contribution in [-0.4, -0.2) is 27.4 Å². The molecule has 9 heterocycles. The summed E-state index contributed by atoms with van der Waals surface area (Å²) in [5.41, 5.74) is 29.0. The molecule has 8 heteroatoms. The average Bonchev–Trinajstić information content (AvgIpc) is 4.30. The minimum atomic E-state index is -0.0891. The molecule has 2 N–H and O–H groups in total. The Morgan fingerprint density at radius 1 is 0.375 bits per heavy atom. The van der Waals surface area contributed by atoms with Gasteiger partial charge in [-0.05, 0) is 241 Å². The molecule has 0 fully saturated rings. The lowest BCUT2D eigenvalue weighted by Gasteiger charge is -2.24. The number of thiophene rings is 4. The van der Waals surface area contributed by atoms with Crippen LogP contribution in [0.15, 0.2) is 156 Å². The first-order chi connectivity index (χ1) is 38.5. The Morgan fingerprint density at radius 2 is 0.863 bits per heavy atom. The van der Waals surface area contributed by atoms with Crippen LogP contribution in [0.2, 0.25) is 0 Å². The molecule has 16 bridgehead atoms. The third-order valence-electron chi connectivity index (χ3n) is 16.2. The predicted octanol–water partition coefficient (Wildman–Crippen LogP) is 15.6. The number of rotatable bonds is 4. The molecule has 4 aromatic carbocycles. The Kier molecular flexibility index (Phi) is 13.2. The highest BCUT2D eigenvalue weighted by Crippen LogP contribution is 2.45. The van der Waals surface area contributed by atoms with Gasteiger partial charge in [0.25, 0.3) is 0 Å². The Balaban J connectivity index is 1.09. The summed E-state index contributed by atoms with van der Waals surface area (Å²) >= 11 is 7.50. The summed E-state index contributed by atoms with van der Waals surface area (Å²) < 4.78 is 4.89. The zero-order valence-electron chi connectivity index (χ0n) is 47.5. The molecule has 2 unspecified atom stereocenters. The molecule has 80 heavy (non-hydrogen) atoms. The number of aromatic nitrogens is 2. The van der Waals surface area contributed by atoms with Crippen molar-refractivity contribution < 1.29 is 0 Å². The number of H-pyrrole nitrogens is 2. The largest absolute Gasteiger partial charge is 0.353 e. The van der Waals surface area contributed by atoms with E-state index in [1.807, 2.05) is 45.3 Å². The third kappa shape index (κ3) is 9.20. The molecule has 0 radical (unpaired) electrons. The number of benzene rings is 4. The van der Waals surface area contributed by atoms with Crippen LogP contribution >= 0.6 is 45.3 Å². The summed E-state index contributed by atoms with van der Waals surface area (Å²) in [6.07, 6.45) is 9.00. The number of aliphatic imine (C=N–C) groups is 2. The summed E-state index contributed by atoms with van der Waals surface area (Å²) in [4.78, 5) is 24.2. The van der Waals surface area contributed by atoms with Gasteiger partial charge < -0.3 is 9.97 Å². The van der Waals surface area contributed by atoms with Crippen LogP contribution < -0.4 is 19.8 Å². The van der Waals surface area contributed by atoms with E-state index in [0.717, 1.165) is 39.2 Å². The molecule has 0 spiro atoms. The van der Waals surface area contributed by atoms with Crippen LogP contribution in [0.3, 0.4) is 0 Å². The normalized spacial score (nSPS) is 19.1. The molecule has 13 rings (SSSR count). The molecule has 2 atom stereocenters. The second-order valence-corrected chi connectivity index (χ2v) is 26.9. The first kappa shape index (κ1) is 51.9. The highest BCUT2D eigenvalue weighted by molar-refractivity contribution is 7.22. The lowest BCUT2D eigenvalue weighted by molar-refractivity contribution is 0.713. The van der Waals surface area contributed by atoms with Gasteiger partial charge in [0.1, 0.15) is 0 Å². The Hall–Kier alpha value is -7.46. The Morgan fingerprint density at radius 3 is 1.48 bits per heavy atom. The molecular formula is C72H64N4S4. The number of nitrogens with one attached hydrogen (secondary N) is 2. The van der Waals surface area contributed by atoms with Crippen LogP contribution in [0.4, 0.5) is 0 Å². The van der Waals surface area contributed by atoms with Gasteiger partial charge in [-0.15, -0.1) is 45.3 Å². The van der Waals surface area contributed by atoms with Crippen molar-refractivity contribution in [1.29, 1.82) is 0 Å². The fourth-order valence-corrected chi connectivity index (χ4v) is 17.9. The summed E-state index contributed by atoms with van der Waals surface area (Å²) in [5.74, 6) is 0.0346. The van der Waals surface area contributed by atoms with E-state index in [1.54, 1.807) is 0 Å². The minimum Gasteiger partial charge on any atom is -0.353 e. The average molecular weight is 1110 g/mol. The van der Waals surface area contributed by atoms with Gasteiger partial charge >= 0.3 is 0 Å². The molecule has 6 aromatic heterocycles. The van der Waals surface area contributed by atoms with Crippen molar-refractivity contribution >= 4 is 79.2 Å². The van der Waals surface area contributed by atoms with Crippen molar-refractivity contribution in [3.63, 3.8) is 0 Å². The zero-order chi connectivity index (χ0) is 55.4. The van der Waals surface area contributed by atoms with E-state index in [-0.39, 0.29) is 12.0 Å². The maximum absolute atomic E-state index is 5.66. The van der Waals surface area contributed by atoms with Gasteiger partial charge in [0.15, 0.2) is 0 Å². The van der Waals surface area contributed by atoms with Crippen molar-refractivity contribution in [3.05, 3.63) is 285 Å². The SMILES string of the molecule is Cc1cc(C)c(/C2=c3\cc/c([nH]3)=C3\C=CC(=N3)/C(c3c(C)cc(C)cc3C)=c3/cc/c(s3)=c3\cc/c(s3)=C(\c3c(C)cc(C)cc3C)c3ccc([nH]3)C3=NC(C=C3)C(c3c(C)cc(C)cc3C)c3ccc(s3)-c3ccc2s3)c(C)c1. The summed E-state index contributed by atoms with van der Waals surface area (Å²) in [7, 11) is 0. The number of aryl methyl sites for hydroxylation is 12. The van der Waals surface area contributed by atoms with Gasteiger partial charge in [-0.1, -0.05) is 76.9 Å². The van der Waals surface area contributed by atoms with Gasteiger partial charge in [-0.2, -0.15) is 0 Å². The van der Waals surface area contributed by atoms with Gasteiger partial charge in [0.05, 0.1) is 34.2 Å². The number of nitrogens with zero attached hydrogens (tertiary/aromatic N) is 2. The number of fused-ring (bicyclic) bond motifs is 16. The molecule has 10 aromatic rings.